The molecule has 0 aromatic rings. The maximum atomic E-state index is 10.1. The predicted molar refractivity (Wildman–Crippen MR) is 125 cm³/mol. The molecular formula is C27H44O4. The Bertz CT molecular complexity index is 706. The summed E-state index contributed by atoms with van der Waals surface area (Å²) in [5, 5.41) is 39.5. The van der Waals surface area contributed by atoms with Crippen LogP contribution in [0.15, 0.2) is 35.5 Å². The molecule has 3 aliphatic rings. The van der Waals surface area contributed by atoms with Crippen molar-refractivity contribution in [1.29, 1.82) is 0 Å². The third-order valence-electron chi connectivity index (χ3n) is 8.70. The van der Waals surface area contributed by atoms with Crippen molar-refractivity contribution in [2.45, 2.75) is 103 Å². The van der Waals surface area contributed by atoms with Crippen LogP contribution in [0.25, 0.3) is 0 Å². The van der Waals surface area contributed by atoms with Crippen LogP contribution in [0.2, 0.25) is 0 Å². The largest absolute Gasteiger partial charge is 0.393 e. The van der Waals surface area contributed by atoms with Crippen LogP contribution in [0.1, 0.15) is 85.0 Å². The van der Waals surface area contributed by atoms with E-state index in [9.17, 15) is 20.4 Å². The number of aliphatic hydroxyl groups is 4. The van der Waals surface area contributed by atoms with Gasteiger partial charge in [0.15, 0.2) is 0 Å². The molecule has 0 saturated heterocycles. The number of aliphatic hydroxyl groups excluding tert-OH is 3. The third kappa shape index (κ3) is 5.52. The Morgan fingerprint density at radius 1 is 1.26 bits per heavy atom. The van der Waals surface area contributed by atoms with E-state index in [0.717, 1.165) is 30.4 Å². The molecule has 3 aliphatic carbocycles. The highest BCUT2D eigenvalue weighted by Crippen LogP contribution is 2.60. The minimum atomic E-state index is -0.958. The van der Waals surface area contributed by atoms with Crippen molar-refractivity contribution < 1.29 is 20.4 Å². The zero-order valence-corrected chi connectivity index (χ0v) is 19.8. The molecule has 0 aromatic carbocycles. The number of hydrogen-bond donors (Lipinski definition) is 4. The first-order valence-corrected chi connectivity index (χ1v) is 12.4. The Hall–Kier alpha value is -0.940. The molecule has 0 aromatic heterocycles. The van der Waals surface area contributed by atoms with E-state index in [0.29, 0.717) is 42.4 Å². The molecule has 0 spiro atoms. The summed E-state index contributed by atoms with van der Waals surface area (Å²) in [6.07, 6.45) is 13.1. The third-order valence-corrected chi connectivity index (χ3v) is 8.70. The summed E-state index contributed by atoms with van der Waals surface area (Å²) in [5.41, 5.74) is 2.65. The van der Waals surface area contributed by atoms with Crippen LogP contribution in [0.3, 0.4) is 0 Å². The molecular weight excluding hydrogens is 388 g/mol. The fourth-order valence-corrected chi connectivity index (χ4v) is 6.76. The maximum absolute atomic E-state index is 10.1. The Morgan fingerprint density at radius 3 is 2.71 bits per heavy atom. The summed E-state index contributed by atoms with van der Waals surface area (Å²) >= 11 is 0. The van der Waals surface area contributed by atoms with Gasteiger partial charge in [0.25, 0.3) is 0 Å². The first kappa shape index (κ1) is 24.7. The molecule has 31 heavy (non-hydrogen) atoms. The average molecular weight is 433 g/mol. The molecule has 0 heterocycles. The minimum absolute atomic E-state index is 0.172. The van der Waals surface area contributed by atoms with Gasteiger partial charge < -0.3 is 20.4 Å². The van der Waals surface area contributed by atoms with E-state index in [4.69, 9.17) is 0 Å². The highest BCUT2D eigenvalue weighted by molar-refractivity contribution is 5.38. The second-order valence-electron chi connectivity index (χ2n) is 11.2. The van der Waals surface area contributed by atoms with Gasteiger partial charge in [-0.25, -0.2) is 0 Å². The summed E-state index contributed by atoms with van der Waals surface area (Å²) in [6, 6.07) is 0. The van der Waals surface area contributed by atoms with E-state index in [2.05, 4.69) is 32.6 Å². The summed E-state index contributed by atoms with van der Waals surface area (Å²) < 4.78 is 0. The normalized spacial score (nSPS) is 39.5. The lowest BCUT2D eigenvalue weighted by Crippen LogP contribution is -2.36. The molecule has 176 valence electrons. The van der Waals surface area contributed by atoms with Crippen LogP contribution in [-0.2, 0) is 0 Å². The van der Waals surface area contributed by atoms with Gasteiger partial charge in [-0.15, -0.1) is 0 Å². The quantitative estimate of drug-likeness (QED) is 0.471. The van der Waals surface area contributed by atoms with Crippen LogP contribution in [0, 0.1) is 23.2 Å². The van der Waals surface area contributed by atoms with Crippen molar-refractivity contribution in [1.82, 2.24) is 0 Å². The van der Waals surface area contributed by atoms with E-state index < -0.39 is 17.8 Å². The number of rotatable bonds is 7. The Kier molecular flexibility index (Phi) is 7.89. The SMILES string of the molecule is C=C1/C(=C/C=C2/CCC[C@@]3(C)C2CC[C@@H]3C(C)CCCC(C)(O)CO)C[C@@H](O)C[C@@H]1O. The summed E-state index contributed by atoms with van der Waals surface area (Å²) in [7, 11) is 0. The van der Waals surface area contributed by atoms with Crippen LogP contribution in [0.5, 0.6) is 0 Å². The summed E-state index contributed by atoms with van der Waals surface area (Å²) in [5.74, 6) is 1.92. The fourth-order valence-electron chi connectivity index (χ4n) is 6.76. The lowest BCUT2D eigenvalue weighted by molar-refractivity contribution is -0.00891. The van der Waals surface area contributed by atoms with E-state index in [1.807, 2.05) is 0 Å². The number of allylic oxidation sites excluding steroid dienone is 3. The topological polar surface area (TPSA) is 80.9 Å². The van der Waals surface area contributed by atoms with Gasteiger partial charge in [0, 0.05) is 6.42 Å². The van der Waals surface area contributed by atoms with Gasteiger partial charge in [-0.3, -0.25) is 0 Å². The number of hydrogen-bond acceptors (Lipinski definition) is 4. The second kappa shape index (κ2) is 9.91. The monoisotopic (exact) mass is 432 g/mol. The summed E-state index contributed by atoms with van der Waals surface area (Å²) in [6.45, 7) is 10.5. The molecule has 3 unspecified atom stereocenters. The van der Waals surface area contributed by atoms with Gasteiger partial charge in [0.2, 0.25) is 0 Å². The van der Waals surface area contributed by atoms with Gasteiger partial charge >= 0.3 is 0 Å². The Balaban J connectivity index is 1.68. The number of fused-ring (bicyclic) bond motifs is 1. The molecule has 0 amide bonds. The molecule has 0 aliphatic heterocycles. The van der Waals surface area contributed by atoms with Crippen molar-refractivity contribution >= 4 is 0 Å². The standard InChI is InChI=1S/C27H44O4/c1-18(7-5-13-26(3,31)17-28)23-11-12-24-20(8-6-14-27(23,24)4)9-10-21-15-22(29)16-25(30)19(21)2/h9-10,18,22-25,28-31H,2,5-8,11-17H2,1,3-4H3/b20-9-,21-10+/t18?,22-,23-,24?,25+,26?,27-/m1/s1. The molecule has 4 N–H and O–H groups in total. The zero-order valence-electron chi connectivity index (χ0n) is 19.8. The fraction of sp³-hybridized carbons (Fsp3) is 0.778. The Labute approximate surface area is 188 Å². The van der Waals surface area contributed by atoms with Gasteiger partial charge in [0.05, 0.1) is 24.4 Å². The van der Waals surface area contributed by atoms with Crippen LogP contribution >= 0.6 is 0 Å². The minimum Gasteiger partial charge on any atom is -0.393 e. The van der Waals surface area contributed by atoms with Crippen LogP contribution < -0.4 is 0 Å². The van der Waals surface area contributed by atoms with Gasteiger partial charge in [-0.1, -0.05) is 51.0 Å². The van der Waals surface area contributed by atoms with E-state index >= 15 is 0 Å². The molecule has 0 bridgehead atoms. The lowest BCUT2D eigenvalue weighted by Gasteiger charge is -2.44. The van der Waals surface area contributed by atoms with Crippen molar-refractivity contribution in [2.75, 3.05) is 6.61 Å². The van der Waals surface area contributed by atoms with Crippen LogP contribution in [-0.4, -0.2) is 44.8 Å². The molecule has 3 saturated carbocycles. The van der Waals surface area contributed by atoms with E-state index in [1.54, 1.807) is 6.92 Å². The molecule has 4 nitrogen and oxygen atoms in total. The smallest absolute Gasteiger partial charge is 0.0849 e. The second-order valence-corrected chi connectivity index (χ2v) is 11.2. The summed E-state index contributed by atoms with van der Waals surface area (Å²) in [4.78, 5) is 0. The van der Waals surface area contributed by atoms with Gasteiger partial charge in [-0.2, -0.15) is 0 Å². The van der Waals surface area contributed by atoms with E-state index in [1.165, 1.54) is 31.3 Å². The van der Waals surface area contributed by atoms with Crippen molar-refractivity contribution in [3.8, 4) is 0 Å². The van der Waals surface area contributed by atoms with Gasteiger partial charge in [0.1, 0.15) is 0 Å². The molecule has 3 fully saturated rings. The average Bonchev–Trinajstić information content (AvgIpc) is 3.07. The highest BCUT2D eigenvalue weighted by atomic mass is 16.3. The molecule has 7 atom stereocenters. The first-order chi connectivity index (χ1) is 14.6. The molecule has 0 radical (unpaired) electrons. The van der Waals surface area contributed by atoms with Crippen LogP contribution in [0.4, 0.5) is 0 Å². The maximum Gasteiger partial charge on any atom is 0.0849 e. The van der Waals surface area contributed by atoms with Crippen molar-refractivity contribution in [2.24, 2.45) is 23.2 Å². The lowest BCUT2D eigenvalue weighted by atomic mass is 9.60. The van der Waals surface area contributed by atoms with E-state index in [-0.39, 0.29) is 6.61 Å². The van der Waals surface area contributed by atoms with Crippen molar-refractivity contribution in [3.63, 3.8) is 0 Å². The molecule has 4 heteroatoms. The highest BCUT2D eigenvalue weighted by Gasteiger charge is 2.50. The predicted octanol–water partition coefficient (Wildman–Crippen LogP) is 4.68. The zero-order chi connectivity index (χ0) is 22.8. The Morgan fingerprint density at radius 2 is 2.00 bits per heavy atom. The van der Waals surface area contributed by atoms with Gasteiger partial charge in [-0.05, 0) is 86.2 Å². The molecule has 3 rings (SSSR count). The first-order valence-electron chi connectivity index (χ1n) is 12.4. The van der Waals surface area contributed by atoms with Crippen molar-refractivity contribution in [3.05, 3.63) is 35.5 Å².